The fourth-order valence-corrected chi connectivity index (χ4v) is 9.78. The van der Waals surface area contributed by atoms with Gasteiger partial charge >= 0.3 is 0 Å². The van der Waals surface area contributed by atoms with Crippen LogP contribution in [0.4, 0.5) is 17.1 Å². The first kappa shape index (κ1) is 33.6. The van der Waals surface area contributed by atoms with Gasteiger partial charge in [-0.1, -0.05) is 172 Å². The van der Waals surface area contributed by atoms with Gasteiger partial charge in [0.25, 0.3) is 0 Å². The van der Waals surface area contributed by atoms with Gasteiger partial charge in [-0.15, -0.1) is 0 Å². The second-order valence-electron chi connectivity index (χ2n) is 16.2. The zero-order valence-corrected chi connectivity index (χ0v) is 32.8. The van der Waals surface area contributed by atoms with Gasteiger partial charge in [0, 0.05) is 43.8 Å². The van der Waals surface area contributed by atoms with Gasteiger partial charge in [-0.2, -0.15) is 0 Å². The summed E-state index contributed by atoms with van der Waals surface area (Å²) in [5.74, 6) is 0.648. The molecule has 4 nitrogen and oxygen atoms in total. The Bertz CT molecular complexity index is 3470. The third kappa shape index (κ3) is 4.96. The normalized spacial score (nSPS) is 13.4. The van der Waals surface area contributed by atoms with E-state index in [1.807, 2.05) is 0 Å². The highest BCUT2D eigenvalue weighted by atomic mass is 15.2. The third-order valence-electron chi connectivity index (χ3n) is 12.6. The van der Waals surface area contributed by atoms with E-state index in [2.05, 4.69) is 217 Å². The molecule has 3 heterocycles. The van der Waals surface area contributed by atoms with Gasteiger partial charge in [0.15, 0.2) is 0 Å². The monoisotopic (exact) mass is 754 g/mol. The SMILES string of the molecule is CC1(C)c2ccccc2N(c2ccccc2)c2cc(-c3cccc4c5c6ccccc6ccc5n(-c5nc(-c6ccccc6)c6ccc7ccccc7c6n5)c34)ccc21. The minimum Gasteiger partial charge on any atom is -0.310 e. The van der Waals surface area contributed by atoms with Gasteiger partial charge in [0.1, 0.15) is 0 Å². The highest BCUT2D eigenvalue weighted by Crippen LogP contribution is 2.53. The van der Waals surface area contributed by atoms with Gasteiger partial charge in [0.05, 0.1) is 33.6 Å². The number of nitrogens with zero attached hydrogens (tertiary/aromatic N) is 4. The Morgan fingerprint density at radius 3 is 1.95 bits per heavy atom. The molecule has 11 aromatic rings. The highest BCUT2D eigenvalue weighted by Gasteiger charge is 2.37. The lowest BCUT2D eigenvalue weighted by Gasteiger charge is -2.42. The molecule has 0 saturated carbocycles. The van der Waals surface area contributed by atoms with Gasteiger partial charge in [0.2, 0.25) is 5.95 Å². The van der Waals surface area contributed by atoms with Crippen molar-refractivity contribution in [2.45, 2.75) is 19.3 Å². The minimum absolute atomic E-state index is 0.203. The molecule has 59 heavy (non-hydrogen) atoms. The third-order valence-corrected chi connectivity index (χ3v) is 12.6. The Morgan fingerprint density at radius 2 is 1.12 bits per heavy atom. The van der Waals surface area contributed by atoms with Crippen molar-refractivity contribution < 1.29 is 0 Å². The Morgan fingerprint density at radius 1 is 0.458 bits per heavy atom. The maximum absolute atomic E-state index is 5.56. The van der Waals surface area contributed by atoms with E-state index in [0.717, 1.165) is 60.8 Å². The summed E-state index contributed by atoms with van der Waals surface area (Å²) in [6, 6.07) is 70.1. The smallest absolute Gasteiger partial charge is 0.235 e. The largest absolute Gasteiger partial charge is 0.310 e. The van der Waals surface area contributed by atoms with Crippen LogP contribution < -0.4 is 4.90 Å². The molecule has 0 spiro atoms. The number of anilines is 3. The summed E-state index contributed by atoms with van der Waals surface area (Å²) in [5, 5.41) is 8.06. The first-order chi connectivity index (χ1) is 29.0. The number of hydrogen-bond acceptors (Lipinski definition) is 3. The average Bonchev–Trinajstić information content (AvgIpc) is 3.64. The van der Waals surface area contributed by atoms with E-state index in [9.17, 15) is 0 Å². The van der Waals surface area contributed by atoms with Crippen LogP contribution in [0.15, 0.2) is 194 Å². The van der Waals surface area contributed by atoms with Crippen molar-refractivity contribution in [1.29, 1.82) is 0 Å². The molecule has 0 unspecified atom stereocenters. The topological polar surface area (TPSA) is 34.0 Å². The Kier molecular flexibility index (Phi) is 7.24. The van der Waals surface area contributed by atoms with E-state index in [1.165, 1.54) is 44.0 Å². The molecule has 0 fully saturated rings. The van der Waals surface area contributed by atoms with Crippen molar-refractivity contribution in [3.63, 3.8) is 0 Å². The quantitative estimate of drug-likeness (QED) is 0.168. The maximum Gasteiger partial charge on any atom is 0.235 e. The summed E-state index contributed by atoms with van der Waals surface area (Å²) >= 11 is 0. The summed E-state index contributed by atoms with van der Waals surface area (Å²) in [5.41, 5.74) is 13.2. The fraction of sp³-hybridized carbons (Fsp3) is 0.0545. The maximum atomic E-state index is 5.56. The Balaban J connectivity index is 1.20. The van der Waals surface area contributed by atoms with Crippen LogP contribution in [0.1, 0.15) is 25.0 Å². The van der Waals surface area contributed by atoms with Crippen LogP contribution in [0.3, 0.4) is 0 Å². The van der Waals surface area contributed by atoms with E-state index in [1.54, 1.807) is 0 Å². The van der Waals surface area contributed by atoms with Crippen molar-refractivity contribution in [1.82, 2.24) is 14.5 Å². The van der Waals surface area contributed by atoms with E-state index < -0.39 is 0 Å². The van der Waals surface area contributed by atoms with Gasteiger partial charge in [-0.3, -0.25) is 4.57 Å². The molecule has 0 N–H and O–H groups in total. The van der Waals surface area contributed by atoms with Gasteiger partial charge < -0.3 is 4.90 Å². The predicted molar refractivity (Wildman–Crippen MR) is 247 cm³/mol. The van der Waals surface area contributed by atoms with Crippen LogP contribution in [-0.2, 0) is 5.41 Å². The molecule has 0 atom stereocenters. The zero-order valence-electron chi connectivity index (χ0n) is 32.8. The molecule has 0 bridgehead atoms. The van der Waals surface area contributed by atoms with Crippen molar-refractivity contribution >= 4 is 71.3 Å². The molecular formula is C55H38N4. The molecular weight excluding hydrogens is 717 g/mol. The number of para-hydroxylation sites is 3. The van der Waals surface area contributed by atoms with Crippen molar-refractivity contribution in [3.8, 4) is 28.3 Å². The van der Waals surface area contributed by atoms with Crippen LogP contribution >= 0.6 is 0 Å². The lowest BCUT2D eigenvalue weighted by atomic mass is 9.73. The number of fused-ring (bicyclic) bond motifs is 10. The molecule has 1 aliphatic heterocycles. The van der Waals surface area contributed by atoms with E-state index in [-0.39, 0.29) is 5.41 Å². The van der Waals surface area contributed by atoms with Crippen LogP contribution in [-0.4, -0.2) is 14.5 Å². The summed E-state index contributed by atoms with van der Waals surface area (Å²) in [7, 11) is 0. The van der Waals surface area contributed by atoms with Crippen LogP contribution in [0.5, 0.6) is 0 Å². The number of rotatable bonds is 4. The molecule has 0 aliphatic carbocycles. The Labute approximate surface area is 342 Å². The van der Waals surface area contributed by atoms with E-state index in [0.29, 0.717) is 5.95 Å². The van der Waals surface area contributed by atoms with Gasteiger partial charge in [-0.25, -0.2) is 9.97 Å². The van der Waals surface area contributed by atoms with Crippen molar-refractivity contribution in [3.05, 3.63) is 205 Å². The summed E-state index contributed by atoms with van der Waals surface area (Å²) in [6.45, 7) is 4.70. The molecule has 1 aliphatic rings. The molecule has 0 amide bonds. The van der Waals surface area contributed by atoms with Crippen LogP contribution in [0.25, 0.3) is 82.6 Å². The van der Waals surface area contributed by atoms with Crippen LogP contribution in [0, 0.1) is 0 Å². The first-order valence-corrected chi connectivity index (χ1v) is 20.3. The van der Waals surface area contributed by atoms with Crippen LogP contribution in [0.2, 0.25) is 0 Å². The minimum atomic E-state index is -0.203. The van der Waals surface area contributed by atoms with E-state index >= 15 is 0 Å². The molecule has 2 aromatic heterocycles. The van der Waals surface area contributed by atoms with Crippen molar-refractivity contribution in [2.24, 2.45) is 0 Å². The average molecular weight is 755 g/mol. The van der Waals surface area contributed by atoms with E-state index in [4.69, 9.17) is 9.97 Å². The predicted octanol–water partition coefficient (Wildman–Crippen LogP) is 14.5. The second kappa shape index (κ2) is 12.7. The summed E-state index contributed by atoms with van der Waals surface area (Å²) in [6.07, 6.45) is 0. The first-order valence-electron chi connectivity index (χ1n) is 20.3. The molecule has 0 radical (unpaired) electrons. The Hall–Kier alpha value is -7.56. The highest BCUT2D eigenvalue weighted by molar-refractivity contribution is 6.23. The standard InChI is InChI=1S/C55H38N4/c1-55(2)45-26-13-14-27-47(45)58(39-20-7-4-8-21-39)49-34-38(29-32-46(49)55)42-24-15-25-43-50-40-22-11-9-16-35(40)30-33-48(50)59(53(42)43)54-56-51(37-18-5-3-6-19-37)44-31-28-36-17-10-12-23-41(36)52(44)57-54/h3-34H,1-2H3. The lowest BCUT2D eigenvalue weighted by molar-refractivity contribution is 0.632. The molecule has 4 heteroatoms. The second-order valence-corrected chi connectivity index (χ2v) is 16.2. The molecule has 278 valence electrons. The number of benzene rings is 9. The molecule has 9 aromatic carbocycles. The number of hydrogen-bond donors (Lipinski definition) is 0. The van der Waals surface area contributed by atoms with Crippen molar-refractivity contribution in [2.75, 3.05) is 4.90 Å². The zero-order chi connectivity index (χ0) is 39.2. The lowest BCUT2D eigenvalue weighted by Crippen LogP contribution is -2.30. The summed E-state index contributed by atoms with van der Waals surface area (Å²) < 4.78 is 2.33. The van der Waals surface area contributed by atoms with Gasteiger partial charge in [-0.05, 0) is 69.2 Å². The number of aromatic nitrogens is 3. The molecule has 12 rings (SSSR count). The molecule has 0 saturated heterocycles. The summed E-state index contributed by atoms with van der Waals surface area (Å²) in [4.78, 5) is 13.5. The fourth-order valence-electron chi connectivity index (χ4n) is 9.78.